The van der Waals surface area contributed by atoms with Gasteiger partial charge < -0.3 is 15.7 Å². The van der Waals surface area contributed by atoms with Gasteiger partial charge in [-0.3, -0.25) is 10.2 Å². The molecule has 3 aromatic rings. The molecule has 10 heteroatoms. The van der Waals surface area contributed by atoms with E-state index in [-0.39, 0.29) is 30.6 Å². The number of amides is 1. The van der Waals surface area contributed by atoms with Crippen LogP contribution in [0.4, 0.5) is 10.1 Å². The molecule has 0 saturated carbocycles. The van der Waals surface area contributed by atoms with E-state index in [0.717, 1.165) is 29.7 Å². The van der Waals surface area contributed by atoms with Crippen LogP contribution >= 0.6 is 12.4 Å². The van der Waals surface area contributed by atoms with Crippen molar-refractivity contribution in [3.63, 3.8) is 0 Å². The third-order valence-electron chi connectivity index (χ3n) is 5.50. The van der Waals surface area contributed by atoms with Crippen molar-refractivity contribution in [3.05, 3.63) is 101 Å². The molecular formula is C26H30ClFN6O2. The number of hydrogen-bond acceptors (Lipinski definition) is 7. The molecule has 0 aromatic heterocycles. The fourth-order valence-corrected chi connectivity index (χ4v) is 3.63. The van der Waals surface area contributed by atoms with Crippen molar-refractivity contribution in [1.29, 1.82) is 0 Å². The Hall–Kier alpha value is -3.50. The standard InChI is InChI=1S/C26H29FN6O2.ClH/c27-22-10-6-20(7-11-22)18-33-31-25(30-32-33)16-26(35)29-23-12-8-19(9-13-23)14-15-28-17-24(34)21-4-2-1-3-5-21;/h1-13,24,28,32,34H,14-18H2,(H,29,35)(H,30,31);1H/t24-;/m0./s1. The van der Waals surface area contributed by atoms with Gasteiger partial charge in [0.25, 0.3) is 0 Å². The lowest BCUT2D eigenvalue weighted by Gasteiger charge is -2.15. The van der Waals surface area contributed by atoms with Crippen LogP contribution < -0.4 is 21.6 Å². The second-order valence-corrected chi connectivity index (χ2v) is 8.29. The van der Waals surface area contributed by atoms with Gasteiger partial charge in [0.2, 0.25) is 5.91 Å². The summed E-state index contributed by atoms with van der Waals surface area (Å²) in [7, 11) is 0. The molecule has 0 fully saturated rings. The largest absolute Gasteiger partial charge is 0.387 e. The molecule has 0 unspecified atom stereocenters. The number of aliphatic hydroxyl groups excluding tert-OH is 1. The van der Waals surface area contributed by atoms with Crippen molar-refractivity contribution in [1.82, 2.24) is 21.4 Å². The number of amidine groups is 1. The number of aliphatic hydroxyl groups is 1. The van der Waals surface area contributed by atoms with Crippen LogP contribution in [0.15, 0.2) is 84.0 Å². The van der Waals surface area contributed by atoms with Gasteiger partial charge in [-0.15, -0.1) is 22.6 Å². The predicted molar refractivity (Wildman–Crippen MR) is 141 cm³/mol. The molecule has 1 aliphatic heterocycles. The van der Waals surface area contributed by atoms with Gasteiger partial charge >= 0.3 is 0 Å². The first-order valence-corrected chi connectivity index (χ1v) is 11.5. The van der Waals surface area contributed by atoms with Gasteiger partial charge in [-0.1, -0.05) is 54.6 Å². The van der Waals surface area contributed by atoms with E-state index < -0.39 is 6.10 Å². The molecular weight excluding hydrogens is 483 g/mol. The Morgan fingerprint density at radius 2 is 1.69 bits per heavy atom. The van der Waals surface area contributed by atoms with Crippen molar-refractivity contribution in [2.24, 2.45) is 5.10 Å². The van der Waals surface area contributed by atoms with E-state index in [9.17, 15) is 14.3 Å². The Bertz CT molecular complexity index is 1130. The summed E-state index contributed by atoms with van der Waals surface area (Å²) in [6.45, 7) is 1.69. The molecule has 0 spiro atoms. The van der Waals surface area contributed by atoms with Crippen molar-refractivity contribution in [2.75, 3.05) is 18.4 Å². The molecule has 1 atom stereocenters. The third-order valence-corrected chi connectivity index (χ3v) is 5.50. The van der Waals surface area contributed by atoms with Crippen LogP contribution in [0.3, 0.4) is 0 Å². The van der Waals surface area contributed by atoms with E-state index in [2.05, 4.69) is 26.7 Å². The first-order valence-electron chi connectivity index (χ1n) is 11.5. The van der Waals surface area contributed by atoms with Gasteiger partial charge in [0.05, 0.1) is 19.1 Å². The second-order valence-electron chi connectivity index (χ2n) is 8.29. The molecule has 0 bridgehead atoms. The van der Waals surface area contributed by atoms with Crippen LogP contribution in [0, 0.1) is 5.82 Å². The zero-order valence-corrected chi connectivity index (χ0v) is 20.5. The van der Waals surface area contributed by atoms with Crippen molar-refractivity contribution in [3.8, 4) is 0 Å². The van der Waals surface area contributed by atoms with E-state index in [4.69, 9.17) is 0 Å². The van der Waals surface area contributed by atoms with Gasteiger partial charge in [-0.2, -0.15) is 0 Å². The van der Waals surface area contributed by atoms with Crippen LogP contribution in [0.2, 0.25) is 0 Å². The summed E-state index contributed by atoms with van der Waals surface area (Å²) in [4.78, 5) is 12.4. The molecule has 1 aliphatic rings. The number of hydrazone groups is 1. The quantitative estimate of drug-likeness (QED) is 0.253. The van der Waals surface area contributed by atoms with Crippen molar-refractivity contribution in [2.45, 2.75) is 25.5 Å². The number of halogens is 2. The van der Waals surface area contributed by atoms with Crippen LogP contribution in [0.5, 0.6) is 0 Å². The minimum Gasteiger partial charge on any atom is -0.387 e. The number of nitrogens with one attached hydrogen (secondary N) is 4. The number of benzene rings is 3. The molecule has 8 nitrogen and oxygen atoms in total. The number of nitrogens with zero attached hydrogens (tertiary/aromatic N) is 2. The summed E-state index contributed by atoms with van der Waals surface area (Å²) in [6.07, 6.45) is 0.367. The maximum Gasteiger partial charge on any atom is 0.232 e. The summed E-state index contributed by atoms with van der Waals surface area (Å²) < 4.78 is 13.0. The average molecular weight is 513 g/mol. The van der Waals surface area contributed by atoms with Gasteiger partial charge in [-0.05, 0) is 53.9 Å². The van der Waals surface area contributed by atoms with Crippen LogP contribution in [0.1, 0.15) is 29.2 Å². The maximum atomic E-state index is 13.0. The number of carbonyl (C=O) groups is 1. The average Bonchev–Trinajstić information content (AvgIpc) is 3.31. The van der Waals surface area contributed by atoms with Gasteiger partial charge in [0, 0.05) is 12.2 Å². The Kier molecular flexibility index (Phi) is 10.2. The minimum atomic E-state index is -0.530. The Morgan fingerprint density at radius 3 is 2.42 bits per heavy atom. The van der Waals surface area contributed by atoms with E-state index in [1.165, 1.54) is 12.1 Å². The highest BCUT2D eigenvalue weighted by molar-refractivity contribution is 6.05. The monoisotopic (exact) mass is 512 g/mol. The zero-order chi connectivity index (χ0) is 24.5. The van der Waals surface area contributed by atoms with E-state index in [1.54, 1.807) is 17.3 Å². The summed E-state index contributed by atoms with van der Waals surface area (Å²) in [5.74, 6) is 0.0177. The summed E-state index contributed by atoms with van der Waals surface area (Å²) in [5.41, 5.74) is 9.46. The molecule has 0 radical (unpaired) electrons. The number of hydrogen-bond donors (Lipinski definition) is 5. The molecule has 0 aliphatic carbocycles. The lowest BCUT2D eigenvalue weighted by atomic mass is 10.1. The normalized spacial score (nSPS) is 13.7. The molecule has 36 heavy (non-hydrogen) atoms. The topological polar surface area (TPSA) is 101 Å². The maximum absolute atomic E-state index is 13.0. The number of hydrazine groups is 2. The smallest absolute Gasteiger partial charge is 0.232 e. The molecule has 190 valence electrons. The summed E-state index contributed by atoms with van der Waals surface area (Å²) >= 11 is 0. The Labute approximate surface area is 215 Å². The first-order chi connectivity index (χ1) is 17.0. The van der Waals surface area contributed by atoms with E-state index in [1.807, 2.05) is 54.6 Å². The fraction of sp³-hybridized carbons (Fsp3) is 0.231. The van der Waals surface area contributed by atoms with Gasteiger partial charge in [0.1, 0.15) is 11.7 Å². The van der Waals surface area contributed by atoms with E-state index in [0.29, 0.717) is 24.6 Å². The molecule has 1 heterocycles. The Morgan fingerprint density at radius 1 is 1.00 bits per heavy atom. The number of rotatable bonds is 11. The first kappa shape index (κ1) is 27.1. The highest BCUT2D eigenvalue weighted by Gasteiger charge is 2.17. The SMILES string of the molecule is Cl.O=C(CC1=NNN(Cc2ccc(F)cc2)N1)Nc1ccc(CCNC[C@H](O)c2ccccc2)cc1. The number of carbonyl (C=O) groups excluding carboxylic acids is 1. The highest BCUT2D eigenvalue weighted by Crippen LogP contribution is 2.13. The summed E-state index contributed by atoms with van der Waals surface area (Å²) in [6, 6.07) is 23.5. The van der Waals surface area contributed by atoms with Crippen LogP contribution in [0.25, 0.3) is 0 Å². The number of anilines is 1. The molecule has 5 N–H and O–H groups in total. The van der Waals surface area contributed by atoms with E-state index >= 15 is 0 Å². The third kappa shape index (κ3) is 8.31. The lowest BCUT2D eigenvalue weighted by Crippen LogP contribution is -2.41. The van der Waals surface area contributed by atoms with Gasteiger partial charge in [-0.25, -0.2) is 9.93 Å². The van der Waals surface area contributed by atoms with Crippen molar-refractivity contribution < 1.29 is 14.3 Å². The second kappa shape index (κ2) is 13.6. The predicted octanol–water partition coefficient (Wildman–Crippen LogP) is 3.28. The van der Waals surface area contributed by atoms with Crippen molar-refractivity contribution >= 4 is 29.8 Å². The zero-order valence-electron chi connectivity index (χ0n) is 19.7. The molecule has 0 saturated heterocycles. The molecule has 1 amide bonds. The lowest BCUT2D eigenvalue weighted by molar-refractivity contribution is -0.115. The van der Waals surface area contributed by atoms with Crippen LogP contribution in [-0.2, 0) is 17.8 Å². The molecule has 4 rings (SSSR count). The Balaban J connectivity index is 0.00000361. The van der Waals surface area contributed by atoms with Gasteiger partial charge in [0.15, 0.2) is 0 Å². The highest BCUT2D eigenvalue weighted by atomic mass is 35.5. The fourth-order valence-electron chi connectivity index (χ4n) is 3.63. The molecule has 3 aromatic carbocycles. The van der Waals surface area contributed by atoms with Crippen LogP contribution in [-0.4, -0.2) is 35.1 Å². The summed E-state index contributed by atoms with van der Waals surface area (Å²) in [5, 5.41) is 22.1. The minimum absolute atomic E-state index is 0.